The van der Waals surface area contributed by atoms with Crippen molar-refractivity contribution in [3.63, 3.8) is 0 Å². The number of benzene rings is 3. The molecule has 1 unspecified atom stereocenters. The highest BCUT2D eigenvalue weighted by Crippen LogP contribution is 2.42. The number of hydrogen-bond donors (Lipinski definition) is 1. The molecule has 32 heavy (non-hydrogen) atoms. The summed E-state index contributed by atoms with van der Waals surface area (Å²) in [6.07, 6.45) is 0. The number of ether oxygens (including phenoxy) is 2. The lowest BCUT2D eigenvalue weighted by atomic mass is 9.95. The lowest BCUT2D eigenvalue weighted by molar-refractivity contribution is -0.132. The molecule has 1 aliphatic heterocycles. The molecular formula is C26H23NO5. The lowest BCUT2D eigenvalue weighted by Crippen LogP contribution is -2.29. The van der Waals surface area contributed by atoms with Gasteiger partial charge in [-0.15, -0.1) is 0 Å². The standard InChI is InChI=1S/C26H23NO5/c1-16-4-6-18(7-5-16)24(28)22-23(17-8-12-20(31-2)13-9-17)27(26(30)25(22)29)19-10-14-21(32-3)15-11-19/h4-15,23,28H,1-3H3/b24-22+. The fourth-order valence-electron chi connectivity index (χ4n) is 3.81. The van der Waals surface area contributed by atoms with Crippen molar-refractivity contribution in [1.82, 2.24) is 0 Å². The van der Waals surface area contributed by atoms with Crippen LogP contribution in [0.3, 0.4) is 0 Å². The van der Waals surface area contributed by atoms with Crippen LogP contribution < -0.4 is 14.4 Å². The quantitative estimate of drug-likeness (QED) is 0.363. The molecule has 1 N–H and O–H groups in total. The van der Waals surface area contributed by atoms with E-state index in [9.17, 15) is 14.7 Å². The molecule has 1 aliphatic rings. The van der Waals surface area contributed by atoms with E-state index in [4.69, 9.17) is 9.47 Å². The number of nitrogens with zero attached hydrogens (tertiary/aromatic N) is 1. The average molecular weight is 429 g/mol. The molecule has 1 amide bonds. The number of carbonyl (C=O) groups is 2. The molecule has 4 rings (SSSR count). The molecule has 0 radical (unpaired) electrons. The summed E-state index contributed by atoms with van der Waals surface area (Å²) in [5, 5.41) is 11.1. The van der Waals surface area contributed by atoms with Crippen molar-refractivity contribution < 1.29 is 24.2 Å². The van der Waals surface area contributed by atoms with E-state index < -0.39 is 17.7 Å². The zero-order valence-electron chi connectivity index (χ0n) is 18.0. The van der Waals surface area contributed by atoms with Gasteiger partial charge in [0, 0.05) is 11.3 Å². The molecule has 162 valence electrons. The molecule has 0 aromatic heterocycles. The predicted octanol–water partition coefficient (Wildman–Crippen LogP) is 4.64. The molecule has 1 heterocycles. The first-order valence-electron chi connectivity index (χ1n) is 10.1. The highest BCUT2D eigenvalue weighted by molar-refractivity contribution is 6.51. The monoisotopic (exact) mass is 429 g/mol. The molecule has 1 atom stereocenters. The number of Topliss-reactive ketones (excluding diaryl/α,β-unsaturated/α-hetero) is 1. The second-order valence-corrected chi connectivity index (χ2v) is 7.51. The minimum absolute atomic E-state index is 0.0415. The van der Waals surface area contributed by atoms with Crippen LogP contribution in [0.4, 0.5) is 5.69 Å². The van der Waals surface area contributed by atoms with Gasteiger partial charge in [0.1, 0.15) is 17.3 Å². The van der Waals surface area contributed by atoms with Crippen LogP contribution >= 0.6 is 0 Å². The molecular weight excluding hydrogens is 406 g/mol. The maximum absolute atomic E-state index is 13.1. The SMILES string of the molecule is COc1ccc(C2/C(=C(\O)c3ccc(C)cc3)C(=O)C(=O)N2c2ccc(OC)cc2)cc1. The number of amides is 1. The highest BCUT2D eigenvalue weighted by Gasteiger charge is 2.46. The summed E-state index contributed by atoms with van der Waals surface area (Å²) in [7, 11) is 3.12. The first-order chi connectivity index (χ1) is 15.4. The van der Waals surface area contributed by atoms with Gasteiger partial charge in [-0.25, -0.2) is 0 Å². The molecule has 3 aromatic rings. The van der Waals surface area contributed by atoms with Gasteiger partial charge in [0.15, 0.2) is 0 Å². The Labute approximate surface area is 186 Å². The molecule has 0 spiro atoms. The molecule has 3 aromatic carbocycles. The Morgan fingerprint density at radius 3 is 1.88 bits per heavy atom. The van der Waals surface area contributed by atoms with E-state index in [0.717, 1.165) is 5.56 Å². The van der Waals surface area contributed by atoms with E-state index in [-0.39, 0.29) is 11.3 Å². The van der Waals surface area contributed by atoms with E-state index in [1.165, 1.54) is 4.90 Å². The number of rotatable bonds is 5. The number of carbonyl (C=O) groups excluding carboxylic acids is 2. The van der Waals surface area contributed by atoms with Crippen LogP contribution in [0.1, 0.15) is 22.7 Å². The zero-order chi connectivity index (χ0) is 22.8. The van der Waals surface area contributed by atoms with E-state index in [1.807, 2.05) is 19.1 Å². The van der Waals surface area contributed by atoms with E-state index in [2.05, 4.69) is 0 Å². The topological polar surface area (TPSA) is 76.1 Å². The summed E-state index contributed by atoms with van der Waals surface area (Å²) in [5.74, 6) is -0.371. The minimum atomic E-state index is -0.796. The Morgan fingerprint density at radius 1 is 0.812 bits per heavy atom. The van der Waals surface area contributed by atoms with Crippen molar-refractivity contribution in [2.45, 2.75) is 13.0 Å². The van der Waals surface area contributed by atoms with Crippen LogP contribution in [0.2, 0.25) is 0 Å². The van der Waals surface area contributed by atoms with Crippen molar-refractivity contribution in [1.29, 1.82) is 0 Å². The maximum Gasteiger partial charge on any atom is 0.300 e. The second-order valence-electron chi connectivity index (χ2n) is 7.51. The lowest BCUT2D eigenvalue weighted by Gasteiger charge is -2.25. The van der Waals surface area contributed by atoms with Crippen molar-refractivity contribution in [3.8, 4) is 11.5 Å². The van der Waals surface area contributed by atoms with E-state index in [0.29, 0.717) is 28.3 Å². The Kier molecular flexibility index (Phi) is 5.69. The zero-order valence-corrected chi connectivity index (χ0v) is 18.0. The van der Waals surface area contributed by atoms with Gasteiger partial charge < -0.3 is 14.6 Å². The number of aryl methyl sites for hydroxylation is 1. The van der Waals surface area contributed by atoms with Gasteiger partial charge in [0.25, 0.3) is 11.7 Å². The number of anilines is 1. The first-order valence-corrected chi connectivity index (χ1v) is 10.1. The fourth-order valence-corrected chi connectivity index (χ4v) is 3.81. The third-order valence-electron chi connectivity index (χ3n) is 5.55. The molecule has 0 aliphatic carbocycles. The average Bonchev–Trinajstić information content (AvgIpc) is 3.09. The largest absolute Gasteiger partial charge is 0.507 e. The molecule has 0 saturated carbocycles. The van der Waals surface area contributed by atoms with Crippen LogP contribution in [-0.4, -0.2) is 31.0 Å². The third-order valence-corrected chi connectivity index (χ3v) is 5.55. The second kappa shape index (κ2) is 8.59. The van der Waals surface area contributed by atoms with Crippen LogP contribution in [0.25, 0.3) is 5.76 Å². The van der Waals surface area contributed by atoms with Gasteiger partial charge in [-0.1, -0.05) is 42.0 Å². The fraction of sp³-hybridized carbons (Fsp3) is 0.154. The number of methoxy groups -OCH3 is 2. The number of ketones is 1. The summed E-state index contributed by atoms with van der Waals surface area (Å²) in [6.45, 7) is 1.93. The molecule has 1 fully saturated rings. The summed E-state index contributed by atoms with van der Waals surface area (Å²) >= 11 is 0. The molecule has 6 nitrogen and oxygen atoms in total. The highest BCUT2D eigenvalue weighted by atomic mass is 16.5. The van der Waals surface area contributed by atoms with E-state index >= 15 is 0 Å². The summed E-state index contributed by atoms with van der Waals surface area (Å²) in [4.78, 5) is 27.7. The van der Waals surface area contributed by atoms with Crippen molar-refractivity contribution in [3.05, 3.63) is 95.1 Å². The van der Waals surface area contributed by atoms with Crippen LogP contribution in [0.5, 0.6) is 11.5 Å². The minimum Gasteiger partial charge on any atom is -0.507 e. The molecule has 1 saturated heterocycles. The van der Waals surface area contributed by atoms with Gasteiger partial charge in [-0.05, 0) is 48.9 Å². The van der Waals surface area contributed by atoms with E-state index in [1.54, 1.807) is 74.9 Å². The number of aliphatic hydroxyl groups excluding tert-OH is 1. The Balaban J connectivity index is 1.90. The maximum atomic E-state index is 13.1. The van der Waals surface area contributed by atoms with Crippen LogP contribution in [0, 0.1) is 6.92 Å². The Bertz CT molecular complexity index is 1180. The van der Waals surface area contributed by atoms with Gasteiger partial charge in [0.05, 0.1) is 25.8 Å². The third kappa shape index (κ3) is 3.71. The Hall–Kier alpha value is -4.06. The molecule has 0 bridgehead atoms. The number of aliphatic hydroxyl groups is 1. The normalized spacial score (nSPS) is 17.5. The van der Waals surface area contributed by atoms with Crippen LogP contribution in [0.15, 0.2) is 78.4 Å². The van der Waals surface area contributed by atoms with Crippen molar-refractivity contribution in [2.24, 2.45) is 0 Å². The van der Waals surface area contributed by atoms with Crippen LogP contribution in [-0.2, 0) is 9.59 Å². The van der Waals surface area contributed by atoms with Gasteiger partial charge >= 0.3 is 0 Å². The van der Waals surface area contributed by atoms with Gasteiger partial charge in [0.2, 0.25) is 0 Å². The van der Waals surface area contributed by atoms with Gasteiger partial charge in [-0.2, -0.15) is 0 Å². The number of hydrogen-bond acceptors (Lipinski definition) is 5. The predicted molar refractivity (Wildman–Crippen MR) is 122 cm³/mol. The smallest absolute Gasteiger partial charge is 0.300 e. The first kappa shape index (κ1) is 21.2. The summed E-state index contributed by atoms with van der Waals surface area (Å²) in [6, 6.07) is 20.3. The van der Waals surface area contributed by atoms with Gasteiger partial charge in [-0.3, -0.25) is 14.5 Å². The Morgan fingerprint density at radius 2 is 1.34 bits per heavy atom. The summed E-state index contributed by atoms with van der Waals surface area (Å²) in [5.41, 5.74) is 2.74. The van der Waals surface area contributed by atoms with Crippen molar-refractivity contribution in [2.75, 3.05) is 19.1 Å². The summed E-state index contributed by atoms with van der Waals surface area (Å²) < 4.78 is 10.5. The molecule has 6 heteroatoms. The van der Waals surface area contributed by atoms with Crippen molar-refractivity contribution >= 4 is 23.1 Å².